The number of nitrogens with zero attached hydrogens (tertiary/aromatic N) is 1. The quantitative estimate of drug-likeness (QED) is 0.883. The third kappa shape index (κ3) is 4.37. The molecule has 6 heteroatoms. The van der Waals surface area contributed by atoms with Gasteiger partial charge in [-0.05, 0) is 37.5 Å². The molecule has 148 valence electrons. The lowest BCUT2D eigenvalue weighted by atomic mass is 9.95. The van der Waals surface area contributed by atoms with Crippen LogP contribution in [0.2, 0.25) is 0 Å². The predicted octanol–water partition coefficient (Wildman–Crippen LogP) is 3.06. The molecule has 1 aromatic carbocycles. The predicted molar refractivity (Wildman–Crippen MR) is 103 cm³/mol. The Kier molecular flexibility index (Phi) is 5.63. The Morgan fingerprint density at radius 3 is 2.56 bits per heavy atom. The van der Waals surface area contributed by atoms with Crippen LogP contribution in [-0.2, 0) is 9.59 Å². The normalized spacial score (nSPS) is 20.7. The summed E-state index contributed by atoms with van der Waals surface area (Å²) in [6, 6.07) is 5.40. The van der Waals surface area contributed by atoms with Crippen LogP contribution >= 0.6 is 0 Å². The first-order chi connectivity index (χ1) is 12.8. The van der Waals surface area contributed by atoms with Gasteiger partial charge in [0.05, 0.1) is 19.3 Å². The summed E-state index contributed by atoms with van der Waals surface area (Å²) >= 11 is 0. The maximum absolute atomic E-state index is 13.0. The van der Waals surface area contributed by atoms with Crippen molar-refractivity contribution in [1.82, 2.24) is 10.2 Å². The zero-order chi connectivity index (χ0) is 19.6. The van der Waals surface area contributed by atoms with Gasteiger partial charge >= 0.3 is 0 Å². The summed E-state index contributed by atoms with van der Waals surface area (Å²) in [5.74, 6) is 1.35. The second kappa shape index (κ2) is 7.79. The lowest BCUT2D eigenvalue weighted by Gasteiger charge is -2.29. The van der Waals surface area contributed by atoms with Gasteiger partial charge in [-0.15, -0.1) is 0 Å². The summed E-state index contributed by atoms with van der Waals surface area (Å²) < 4.78 is 11.5. The van der Waals surface area contributed by atoms with Crippen molar-refractivity contribution in [1.29, 1.82) is 0 Å². The summed E-state index contributed by atoms with van der Waals surface area (Å²) in [6.45, 7) is 9.29. The van der Waals surface area contributed by atoms with E-state index >= 15 is 0 Å². The molecule has 0 saturated carbocycles. The van der Waals surface area contributed by atoms with E-state index in [1.54, 1.807) is 6.92 Å². The summed E-state index contributed by atoms with van der Waals surface area (Å²) in [7, 11) is 0. The number of hydrogen-bond acceptors (Lipinski definition) is 4. The molecule has 1 saturated heterocycles. The summed E-state index contributed by atoms with van der Waals surface area (Å²) in [5.41, 5.74) is 0.535. The minimum atomic E-state index is -0.544. The third-order valence-electron chi connectivity index (χ3n) is 5.09. The van der Waals surface area contributed by atoms with Crippen LogP contribution in [0.25, 0.3) is 0 Å². The van der Waals surface area contributed by atoms with Gasteiger partial charge in [-0.1, -0.05) is 26.8 Å². The van der Waals surface area contributed by atoms with Crippen LogP contribution in [0, 0.1) is 5.41 Å². The zero-order valence-electron chi connectivity index (χ0n) is 16.7. The van der Waals surface area contributed by atoms with Gasteiger partial charge in [0, 0.05) is 18.4 Å². The van der Waals surface area contributed by atoms with Crippen LogP contribution in [0.1, 0.15) is 58.6 Å². The van der Waals surface area contributed by atoms with Gasteiger partial charge in [0.2, 0.25) is 11.8 Å². The maximum Gasteiger partial charge on any atom is 0.245 e. The largest absolute Gasteiger partial charge is 0.490 e. The molecule has 6 nitrogen and oxygen atoms in total. The lowest BCUT2D eigenvalue weighted by molar-refractivity contribution is -0.138. The molecule has 0 bridgehead atoms. The van der Waals surface area contributed by atoms with E-state index in [1.165, 1.54) is 0 Å². The highest BCUT2D eigenvalue weighted by atomic mass is 16.5. The van der Waals surface area contributed by atoms with E-state index < -0.39 is 11.5 Å². The van der Waals surface area contributed by atoms with Crippen molar-refractivity contribution in [2.75, 3.05) is 19.8 Å². The summed E-state index contributed by atoms with van der Waals surface area (Å²) in [4.78, 5) is 27.1. The highest BCUT2D eigenvalue weighted by molar-refractivity contribution is 5.89. The smallest absolute Gasteiger partial charge is 0.245 e. The summed E-state index contributed by atoms with van der Waals surface area (Å²) in [5, 5.41) is 2.85. The van der Waals surface area contributed by atoms with E-state index in [-0.39, 0.29) is 17.9 Å². The number of amides is 2. The second-order valence-electron chi connectivity index (χ2n) is 8.39. The van der Waals surface area contributed by atoms with Crippen molar-refractivity contribution in [3.05, 3.63) is 23.8 Å². The molecule has 27 heavy (non-hydrogen) atoms. The number of ether oxygens (including phenoxy) is 2. The van der Waals surface area contributed by atoms with Gasteiger partial charge in [0.25, 0.3) is 0 Å². The molecular weight excluding hydrogens is 344 g/mol. The van der Waals surface area contributed by atoms with Crippen LogP contribution in [0.5, 0.6) is 11.5 Å². The Balaban J connectivity index is 1.74. The van der Waals surface area contributed by atoms with Gasteiger partial charge in [0.15, 0.2) is 11.5 Å². The van der Waals surface area contributed by atoms with Gasteiger partial charge < -0.3 is 19.7 Å². The molecule has 0 aliphatic carbocycles. The molecule has 0 spiro atoms. The first-order valence-electron chi connectivity index (χ1n) is 9.78. The summed E-state index contributed by atoms with van der Waals surface area (Å²) in [6.07, 6.45) is 2.72. The van der Waals surface area contributed by atoms with E-state index in [9.17, 15) is 9.59 Å². The first-order valence-corrected chi connectivity index (χ1v) is 9.78. The Hall–Kier alpha value is -2.24. The molecule has 2 atom stereocenters. The number of likely N-dealkylation sites (tertiary alicyclic amines) is 1. The Morgan fingerprint density at radius 1 is 1.15 bits per heavy atom. The van der Waals surface area contributed by atoms with Crippen LogP contribution in [0.4, 0.5) is 0 Å². The average Bonchev–Trinajstić information content (AvgIpc) is 2.98. The highest BCUT2D eigenvalue weighted by Gasteiger charge is 2.34. The van der Waals surface area contributed by atoms with Crippen LogP contribution in [-0.4, -0.2) is 42.5 Å². The lowest BCUT2D eigenvalue weighted by Crippen LogP contribution is -2.49. The van der Waals surface area contributed by atoms with Crippen LogP contribution < -0.4 is 14.8 Å². The van der Waals surface area contributed by atoms with Crippen LogP contribution in [0.3, 0.4) is 0 Å². The molecule has 2 unspecified atom stereocenters. The van der Waals surface area contributed by atoms with E-state index in [0.717, 1.165) is 36.3 Å². The molecule has 0 radical (unpaired) electrons. The molecule has 2 aliphatic heterocycles. The number of nitrogens with one attached hydrogen (secondary N) is 1. The van der Waals surface area contributed by atoms with Gasteiger partial charge in [-0.25, -0.2) is 0 Å². The first kappa shape index (κ1) is 19.5. The molecule has 2 aliphatic rings. The van der Waals surface area contributed by atoms with Gasteiger partial charge in [-0.3, -0.25) is 9.59 Å². The molecule has 2 amide bonds. The van der Waals surface area contributed by atoms with E-state index in [2.05, 4.69) is 5.32 Å². The highest BCUT2D eigenvalue weighted by Crippen LogP contribution is 2.38. The number of benzene rings is 1. The van der Waals surface area contributed by atoms with Crippen molar-refractivity contribution in [3.63, 3.8) is 0 Å². The van der Waals surface area contributed by atoms with Gasteiger partial charge in [-0.2, -0.15) is 0 Å². The Morgan fingerprint density at radius 2 is 1.85 bits per heavy atom. The van der Waals surface area contributed by atoms with Crippen LogP contribution in [0.15, 0.2) is 18.2 Å². The fourth-order valence-electron chi connectivity index (χ4n) is 3.49. The van der Waals surface area contributed by atoms with E-state index in [4.69, 9.17) is 9.47 Å². The van der Waals surface area contributed by atoms with Crippen molar-refractivity contribution in [2.45, 2.75) is 59.0 Å². The molecular formula is C21H30N2O4. The van der Waals surface area contributed by atoms with Crippen molar-refractivity contribution >= 4 is 11.8 Å². The average molecular weight is 374 g/mol. The van der Waals surface area contributed by atoms with E-state index in [1.807, 2.05) is 43.9 Å². The molecule has 2 heterocycles. The van der Waals surface area contributed by atoms with E-state index in [0.29, 0.717) is 19.8 Å². The number of carbonyl (C=O) groups is 2. The molecule has 3 rings (SSSR count). The molecule has 1 fully saturated rings. The van der Waals surface area contributed by atoms with Crippen molar-refractivity contribution in [2.24, 2.45) is 5.41 Å². The SMILES string of the molecule is CC(NC(=O)C(C)(C)C)C(=O)N1CCCC1c1ccc2c(c1)OCCCO2. The Labute approximate surface area is 161 Å². The minimum Gasteiger partial charge on any atom is -0.490 e. The number of hydrogen-bond donors (Lipinski definition) is 1. The van der Waals surface area contributed by atoms with Crippen molar-refractivity contribution in [3.8, 4) is 11.5 Å². The monoisotopic (exact) mass is 374 g/mol. The zero-order valence-corrected chi connectivity index (χ0v) is 16.7. The number of carbonyl (C=O) groups excluding carboxylic acids is 2. The minimum absolute atomic E-state index is 0.00337. The topological polar surface area (TPSA) is 67.9 Å². The van der Waals surface area contributed by atoms with Gasteiger partial charge in [0.1, 0.15) is 6.04 Å². The molecule has 0 aromatic heterocycles. The third-order valence-corrected chi connectivity index (χ3v) is 5.09. The number of rotatable bonds is 3. The standard InChI is InChI=1S/C21H30N2O4/c1-14(22-20(25)21(2,3)4)19(24)23-10-5-7-16(23)15-8-9-17-18(13-15)27-12-6-11-26-17/h8-9,13-14,16H,5-7,10-12H2,1-4H3,(H,22,25). The molecule has 1 N–H and O–H groups in total. The maximum atomic E-state index is 13.0. The fourth-order valence-corrected chi connectivity index (χ4v) is 3.49. The second-order valence-corrected chi connectivity index (χ2v) is 8.39. The Bertz CT molecular complexity index is 711. The van der Waals surface area contributed by atoms with Crippen molar-refractivity contribution < 1.29 is 19.1 Å². The number of fused-ring (bicyclic) bond motifs is 1. The fraction of sp³-hybridized carbons (Fsp3) is 0.619. The molecule has 1 aromatic rings.